The minimum atomic E-state index is -8.06. The van der Waals surface area contributed by atoms with Gasteiger partial charge in [-0.3, -0.25) is 9.59 Å². The monoisotopic (exact) mass is 1990 g/mol. The Labute approximate surface area is 716 Å². The van der Waals surface area contributed by atoms with Gasteiger partial charge in [-0.1, -0.05) is 135 Å². The van der Waals surface area contributed by atoms with Crippen molar-refractivity contribution in [1.82, 2.24) is 0 Å². The van der Waals surface area contributed by atoms with E-state index in [0.29, 0.717) is 65.5 Å². The first kappa shape index (κ1) is 111. The first-order valence-electron chi connectivity index (χ1n) is 33.1. The highest BCUT2D eigenvalue weighted by molar-refractivity contribution is 14.1. The average molecular weight is 1990 g/mol. The van der Waals surface area contributed by atoms with Gasteiger partial charge >= 0.3 is 82.5 Å². The molecule has 8 aromatic carbocycles. The summed E-state index contributed by atoms with van der Waals surface area (Å²) in [5.41, 5.74) is -9.19. The minimum absolute atomic E-state index is 0. The Balaban J connectivity index is 0.000000843. The Hall–Kier alpha value is -8.71. The minimum Gasteiger partial charge on any atom is -0.743 e. The van der Waals surface area contributed by atoms with Gasteiger partial charge < -0.3 is 36.0 Å². The van der Waals surface area contributed by atoms with Gasteiger partial charge in [-0.15, -0.1) is 0 Å². The van der Waals surface area contributed by atoms with Crippen LogP contribution in [-0.2, 0) is 101 Å². The third kappa shape index (κ3) is 27.4. The summed E-state index contributed by atoms with van der Waals surface area (Å²) in [4.78, 5) is 55.7. The van der Waals surface area contributed by atoms with Crippen molar-refractivity contribution in [3.63, 3.8) is 0 Å². The Kier molecular flexibility index (Phi) is 40.8. The first-order valence-corrected chi connectivity index (χ1v) is 43.8. The summed E-state index contributed by atoms with van der Waals surface area (Å²) < 4.78 is 352. The van der Waals surface area contributed by atoms with Gasteiger partial charge in [-0.2, -0.15) is 82.7 Å². The molecular weight excluding hydrogens is 1910 g/mol. The number of hydrogen-bond donors (Lipinski definition) is 0. The smallest absolute Gasteiger partial charge is 0.480 e. The number of alkyl halides is 15. The molecule has 0 saturated heterocycles. The van der Waals surface area contributed by atoms with Gasteiger partial charge in [0.15, 0.2) is 59.5 Å². The zero-order chi connectivity index (χ0) is 89.2. The summed E-state index contributed by atoms with van der Waals surface area (Å²) >= 11 is 2.35. The van der Waals surface area contributed by atoms with Crippen LogP contribution >= 0.6 is 22.6 Å². The summed E-state index contributed by atoms with van der Waals surface area (Å²) in [5, 5.41) is -28.8. The van der Waals surface area contributed by atoms with E-state index in [2.05, 4.69) is 207 Å². The lowest BCUT2D eigenvalue weighted by atomic mass is 9.91. The highest BCUT2D eigenvalue weighted by Crippen LogP contribution is 2.54. The average Bonchev–Trinajstić information content (AvgIpc) is 0.723. The Morgan fingerprint density at radius 1 is 0.352 bits per heavy atom. The van der Waals surface area contributed by atoms with Crippen LogP contribution in [0.25, 0.3) is 4.13 Å². The quantitative estimate of drug-likeness (QED) is 0.00552. The molecule has 22 nitrogen and oxygen atoms in total. The fourth-order valence-electron chi connectivity index (χ4n) is 8.39. The molecule has 0 spiro atoms. The van der Waals surface area contributed by atoms with E-state index in [4.69, 9.17) is 18.9 Å². The van der Waals surface area contributed by atoms with Crippen LogP contribution in [0.15, 0.2) is 254 Å². The van der Waals surface area contributed by atoms with E-state index >= 15 is 0 Å². The molecule has 0 saturated carbocycles. The summed E-state index contributed by atoms with van der Waals surface area (Å²) in [7, 11) is -37.4. The van der Waals surface area contributed by atoms with Crippen LogP contribution in [0.3, 0.4) is 0 Å². The van der Waals surface area contributed by atoms with E-state index in [1.165, 1.54) is 32.9 Å². The molecule has 0 radical (unpaired) electrons. The lowest BCUT2D eigenvalue weighted by Crippen LogP contribution is -2.61. The van der Waals surface area contributed by atoms with Gasteiger partial charge in [0.1, 0.15) is 37.9 Å². The SMILES string of the molecule is C.C.C.C.CCC(C)(C)C(=O)OCCOC(=O)c1ccc(OS(=O)(=O)C(F)(F)C(F)(F)C(F)(F)S(=O)(=O)[N-]S(=O)(=O)C(F)(F)F)cc1.CCC(C)(C)C(=O)OCCOC(=O)c1ccc(OS(=O)(=O)C(F)(F)C(F)(F)C(F)(F)S(=O)(=O)[O-])cc1.Ic1ccc([S+](c2ccccc2)c2ccccc2)cc1.c1ccc([S+](c2ccccc2)c2ccccc2)cc1. The Morgan fingerprint density at radius 2 is 0.598 bits per heavy atom. The lowest BCUT2D eigenvalue weighted by molar-refractivity contribution is -0.247. The van der Waals surface area contributed by atoms with Gasteiger partial charge in [0.2, 0.25) is 0 Å². The molecule has 0 aromatic heterocycles. The number of nitrogens with zero attached hydrogens (tertiary/aromatic N) is 1. The molecule has 0 aliphatic rings. The third-order valence-electron chi connectivity index (χ3n) is 15.7. The molecule has 0 atom stereocenters. The second kappa shape index (κ2) is 44.8. The molecule has 0 aliphatic heterocycles. The van der Waals surface area contributed by atoms with E-state index in [9.17, 15) is 132 Å². The van der Waals surface area contributed by atoms with Crippen LogP contribution in [0.2, 0.25) is 0 Å². The largest absolute Gasteiger partial charge is 0.743 e. The fourth-order valence-corrected chi connectivity index (χ4v) is 17.5. The number of carbonyl (C=O) groups excluding carboxylic acids is 4. The number of ether oxygens (including phenoxy) is 4. The molecule has 8 rings (SSSR count). The third-order valence-corrected chi connectivity index (χ3v) is 27.4. The van der Waals surface area contributed by atoms with E-state index in [1.807, 2.05) is 0 Å². The fraction of sp³-hybridized carbons (Fsp3) is 0.325. The van der Waals surface area contributed by atoms with Crippen LogP contribution in [0.1, 0.15) is 105 Å². The van der Waals surface area contributed by atoms with E-state index in [-0.39, 0.29) is 63.7 Å². The van der Waals surface area contributed by atoms with Crippen molar-refractivity contribution in [3.05, 3.63) is 243 Å². The topological polar surface area (TPSA) is 332 Å². The van der Waals surface area contributed by atoms with Crippen LogP contribution in [-0.4, -0.2) is 135 Å². The van der Waals surface area contributed by atoms with Gasteiger partial charge in [0.25, 0.3) is 0 Å². The molecule has 0 N–H and O–H groups in total. The molecule has 0 unspecified atom stereocenters. The predicted molar refractivity (Wildman–Crippen MR) is 432 cm³/mol. The highest BCUT2D eigenvalue weighted by atomic mass is 127. The number of sulfonamides is 2. The molecule has 0 aliphatic carbocycles. The Morgan fingerprint density at radius 3 is 0.844 bits per heavy atom. The summed E-state index contributed by atoms with van der Waals surface area (Å²) in [6, 6.07) is 66.7. The van der Waals surface area contributed by atoms with Crippen molar-refractivity contribution < 1.29 is 159 Å². The number of benzene rings is 8. The molecule has 0 heterocycles. The molecule has 8 aromatic rings. The van der Waals surface area contributed by atoms with Crippen LogP contribution < -0.4 is 8.37 Å². The highest BCUT2D eigenvalue weighted by Gasteiger charge is 2.83. The van der Waals surface area contributed by atoms with Gasteiger partial charge in [-0.25, -0.2) is 34.8 Å². The number of halogens is 16. The molecule has 45 heteroatoms. The van der Waals surface area contributed by atoms with E-state index < -0.39 is 160 Å². The zero-order valence-corrected chi connectivity index (χ0v) is 69.4. The molecule has 676 valence electrons. The molecular formula is C77H83F15INO21S7. The summed E-state index contributed by atoms with van der Waals surface area (Å²) in [6.07, 6.45) is 0.891. The van der Waals surface area contributed by atoms with E-state index in [1.54, 1.807) is 41.5 Å². The van der Waals surface area contributed by atoms with Crippen LogP contribution in [0, 0.1) is 14.4 Å². The van der Waals surface area contributed by atoms with Gasteiger partial charge in [-0.05, 0) is 197 Å². The second-order valence-corrected chi connectivity index (χ2v) is 38.3. The maximum Gasteiger partial charge on any atom is 0.480 e. The molecule has 122 heavy (non-hydrogen) atoms. The number of rotatable bonds is 32. The van der Waals surface area contributed by atoms with Gasteiger partial charge in [0, 0.05) is 3.57 Å². The van der Waals surface area contributed by atoms with Crippen molar-refractivity contribution >= 4 is 119 Å². The first-order chi connectivity index (χ1) is 54.3. The number of carbonyl (C=O) groups is 4. The second-order valence-electron chi connectivity index (χ2n) is 24.9. The van der Waals surface area contributed by atoms with Crippen molar-refractivity contribution in [2.75, 3.05) is 26.4 Å². The molecule has 0 amide bonds. The maximum atomic E-state index is 14.2. The summed E-state index contributed by atoms with van der Waals surface area (Å²) in [6.45, 7) is 8.25. The lowest BCUT2D eigenvalue weighted by Gasteiger charge is -2.35. The standard InChI is InChI=1S/C19H19F9NO11S3.C18H20F6O10S2.C18H14IS.C18H15S.4CH4/c1-4-15(2,3)14(31)39-10-9-38-13(30)11-5-7-12(8-6-11)40-43(36,37)18(24,25)16(20,21)17(22,23)41(32,33)29-42(34,35)19(26,27)28;1-4-15(2,3)14(26)33-10-9-32-13(25)11-5-7-12(8-6-11)34-36(30,31)18(23,24)16(19,20)17(21,22)35(27,28)29;19-15-11-13-18(14-12-15)20(16-7-3-1-4-8-16)17-9-5-2-6-10-17;1-4-10-16(11-5-1)19(17-12-6-2-7-13-17)18-14-8-3-9-15-18;;;;/h5-8H,4,9-10H2,1-3H3;5-8H,4,9-10H2,1-3H3,(H,27,28,29);1-14H;1-15H;4*1H4/q-1;;2*+1;;;;/p-1. The maximum absolute atomic E-state index is 14.2. The Bertz CT molecular complexity index is 5170. The zero-order valence-electron chi connectivity index (χ0n) is 61.5. The van der Waals surface area contributed by atoms with Crippen LogP contribution in [0.4, 0.5) is 65.9 Å². The predicted octanol–water partition coefficient (Wildman–Crippen LogP) is 19.5. The van der Waals surface area contributed by atoms with Crippen molar-refractivity contribution in [1.29, 1.82) is 0 Å². The summed E-state index contributed by atoms with van der Waals surface area (Å²) in [5.74, 6) is -20.9. The van der Waals surface area contributed by atoms with Crippen molar-refractivity contribution in [2.24, 2.45) is 10.8 Å². The van der Waals surface area contributed by atoms with Crippen molar-refractivity contribution in [2.45, 2.75) is 152 Å². The van der Waals surface area contributed by atoms with Crippen LogP contribution in [0.5, 0.6) is 11.5 Å². The normalized spacial score (nSPS) is 12.5. The number of esters is 4. The van der Waals surface area contributed by atoms with Crippen molar-refractivity contribution in [3.8, 4) is 11.5 Å². The molecule has 0 fully saturated rings. The van der Waals surface area contributed by atoms with E-state index in [0.717, 1.165) is 0 Å². The number of hydrogen-bond acceptors (Lipinski definition) is 21. The molecule has 0 bridgehead atoms. The van der Waals surface area contributed by atoms with Gasteiger partial charge in [0.05, 0.1) is 43.7 Å².